The van der Waals surface area contributed by atoms with Crippen molar-refractivity contribution in [2.24, 2.45) is 0 Å². The number of nitrogens with one attached hydrogen (secondary N) is 1. The summed E-state index contributed by atoms with van der Waals surface area (Å²) in [6.45, 7) is 8.60. The molecule has 0 radical (unpaired) electrons. The molecule has 21 heavy (non-hydrogen) atoms. The molecular formula is C17H28N2O2. The van der Waals surface area contributed by atoms with E-state index in [2.05, 4.69) is 17.1 Å². The molecule has 0 aliphatic carbocycles. The summed E-state index contributed by atoms with van der Waals surface area (Å²) in [6, 6.07) is 8.30. The van der Waals surface area contributed by atoms with Crippen LogP contribution in [0.5, 0.6) is 5.75 Å². The highest BCUT2D eigenvalue weighted by molar-refractivity contribution is 5.26. The predicted molar refractivity (Wildman–Crippen MR) is 85.8 cm³/mol. The van der Waals surface area contributed by atoms with Crippen molar-refractivity contribution in [1.29, 1.82) is 0 Å². The van der Waals surface area contributed by atoms with E-state index in [1.807, 2.05) is 31.2 Å². The number of nitrogens with zero attached hydrogens (tertiary/aromatic N) is 1. The lowest BCUT2D eigenvalue weighted by molar-refractivity contribution is 0.102. The van der Waals surface area contributed by atoms with E-state index in [4.69, 9.17) is 4.74 Å². The number of rotatable bonds is 8. The number of benzene rings is 1. The van der Waals surface area contributed by atoms with Gasteiger partial charge >= 0.3 is 0 Å². The molecule has 0 spiro atoms. The third kappa shape index (κ3) is 6.04. The molecule has 4 nitrogen and oxygen atoms in total. The fourth-order valence-electron chi connectivity index (χ4n) is 2.64. The molecule has 118 valence electrons. The van der Waals surface area contributed by atoms with Gasteiger partial charge in [0, 0.05) is 19.1 Å². The number of likely N-dealkylation sites (tertiary alicyclic amines) is 1. The lowest BCUT2D eigenvalue weighted by Gasteiger charge is -2.22. The molecule has 2 atom stereocenters. The van der Waals surface area contributed by atoms with Crippen molar-refractivity contribution in [2.75, 3.05) is 32.8 Å². The van der Waals surface area contributed by atoms with Gasteiger partial charge in [0.15, 0.2) is 0 Å². The summed E-state index contributed by atoms with van der Waals surface area (Å²) in [4.78, 5) is 2.48. The van der Waals surface area contributed by atoms with E-state index < -0.39 is 6.10 Å². The molecule has 1 heterocycles. The molecule has 2 unspecified atom stereocenters. The van der Waals surface area contributed by atoms with Crippen molar-refractivity contribution >= 4 is 0 Å². The Kier molecular flexibility index (Phi) is 6.49. The van der Waals surface area contributed by atoms with Crippen LogP contribution in [0, 0.1) is 6.92 Å². The van der Waals surface area contributed by atoms with Gasteiger partial charge in [0.25, 0.3) is 0 Å². The van der Waals surface area contributed by atoms with Crippen LogP contribution >= 0.6 is 0 Å². The van der Waals surface area contributed by atoms with Gasteiger partial charge in [0.1, 0.15) is 18.5 Å². The van der Waals surface area contributed by atoms with Crippen LogP contribution in [0.2, 0.25) is 0 Å². The van der Waals surface area contributed by atoms with Gasteiger partial charge in [0.2, 0.25) is 0 Å². The fourth-order valence-corrected chi connectivity index (χ4v) is 2.64. The molecule has 0 saturated carbocycles. The van der Waals surface area contributed by atoms with Crippen molar-refractivity contribution in [2.45, 2.75) is 38.8 Å². The van der Waals surface area contributed by atoms with E-state index >= 15 is 0 Å². The zero-order valence-electron chi connectivity index (χ0n) is 13.2. The van der Waals surface area contributed by atoms with Gasteiger partial charge in [-0.15, -0.1) is 0 Å². The van der Waals surface area contributed by atoms with Gasteiger partial charge in [0.05, 0.1) is 0 Å². The van der Waals surface area contributed by atoms with E-state index in [1.165, 1.54) is 31.5 Å². The average Bonchev–Trinajstić information content (AvgIpc) is 2.97. The Labute approximate surface area is 128 Å². The highest BCUT2D eigenvalue weighted by Crippen LogP contribution is 2.11. The Morgan fingerprint density at radius 3 is 2.57 bits per heavy atom. The normalized spacial score (nSPS) is 18.6. The topological polar surface area (TPSA) is 44.7 Å². The zero-order chi connectivity index (χ0) is 15.1. The van der Waals surface area contributed by atoms with Crippen LogP contribution in [0.3, 0.4) is 0 Å². The maximum absolute atomic E-state index is 9.97. The Hall–Kier alpha value is -1.10. The van der Waals surface area contributed by atoms with E-state index in [9.17, 15) is 5.11 Å². The summed E-state index contributed by atoms with van der Waals surface area (Å²) in [5.74, 6) is 0.810. The Morgan fingerprint density at radius 2 is 1.90 bits per heavy atom. The molecule has 2 rings (SSSR count). The van der Waals surface area contributed by atoms with Gasteiger partial charge in [-0.05, 0) is 51.9 Å². The van der Waals surface area contributed by atoms with Crippen molar-refractivity contribution in [3.05, 3.63) is 29.8 Å². The largest absolute Gasteiger partial charge is 0.491 e. The van der Waals surface area contributed by atoms with Gasteiger partial charge in [-0.3, -0.25) is 0 Å². The second-order valence-corrected chi connectivity index (χ2v) is 6.09. The van der Waals surface area contributed by atoms with Gasteiger partial charge in [-0.25, -0.2) is 0 Å². The fraction of sp³-hybridized carbons (Fsp3) is 0.647. The van der Waals surface area contributed by atoms with Crippen LogP contribution in [0.4, 0.5) is 0 Å². The van der Waals surface area contributed by atoms with Crippen LogP contribution in [-0.4, -0.2) is 54.9 Å². The monoisotopic (exact) mass is 292 g/mol. The molecule has 1 fully saturated rings. The minimum absolute atomic E-state index is 0.326. The lowest BCUT2D eigenvalue weighted by atomic mass is 10.2. The van der Waals surface area contributed by atoms with E-state index in [1.54, 1.807) is 0 Å². The number of hydrogen-bond acceptors (Lipinski definition) is 4. The first-order valence-electron chi connectivity index (χ1n) is 7.97. The second kappa shape index (κ2) is 8.37. The Morgan fingerprint density at radius 1 is 1.24 bits per heavy atom. The minimum atomic E-state index is -0.479. The third-order valence-electron chi connectivity index (χ3n) is 3.90. The first kappa shape index (κ1) is 16.3. The summed E-state index contributed by atoms with van der Waals surface area (Å²) in [5.41, 5.74) is 1.21. The smallest absolute Gasteiger partial charge is 0.119 e. The van der Waals surface area contributed by atoms with Crippen molar-refractivity contribution in [3.8, 4) is 5.75 Å². The van der Waals surface area contributed by atoms with Crippen molar-refractivity contribution < 1.29 is 9.84 Å². The molecule has 0 amide bonds. The summed E-state index contributed by atoms with van der Waals surface area (Å²) in [7, 11) is 0. The van der Waals surface area contributed by atoms with E-state index in [0.717, 1.165) is 12.3 Å². The summed E-state index contributed by atoms with van der Waals surface area (Å²) in [6.07, 6.45) is 2.16. The molecule has 0 bridgehead atoms. The maximum atomic E-state index is 9.97. The van der Waals surface area contributed by atoms with Crippen LogP contribution < -0.4 is 10.1 Å². The summed E-state index contributed by atoms with van der Waals surface area (Å²) in [5, 5.41) is 13.4. The summed E-state index contributed by atoms with van der Waals surface area (Å²) >= 11 is 0. The number of aliphatic hydroxyl groups excluding tert-OH is 1. The van der Waals surface area contributed by atoms with Crippen molar-refractivity contribution in [1.82, 2.24) is 10.2 Å². The Balaban J connectivity index is 1.60. The lowest BCUT2D eigenvalue weighted by Crippen LogP contribution is -2.42. The quantitative estimate of drug-likeness (QED) is 0.767. The molecule has 1 aliphatic heterocycles. The standard InChI is InChI=1S/C17H28N2O2/c1-14-5-7-17(8-6-14)21-13-16(20)11-18-15(2)12-19-9-3-4-10-19/h5-8,15-16,18,20H,3-4,9-13H2,1-2H3. The van der Waals surface area contributed by atoms with Gasteiger partial charge < -0.3 is 20.1 Å². The number of ether oxygens (including phenoxy) is 1. The summed E-state index contributed by atoms with van der Waals surface area (Å²) < 4.78 is 5.59. The molecule has 1 aliphatic rings. The van der Waals surface area contributed by atoms with Gasteiger partial charge in [-0.1, -0.05) is 17.7 Å². The number of aliphatic hydroxyl groups is 1. The molecule has 0 aromatic heterocycles. The number of hydrogen-bond donors (Lipinski definition) is 2. The first-order valence-corrected chi connectivity index (χ1v) is 7.97. The van der Waals surface area contributed by atoms with Crippen LogP contribution in [0.1, 0.15) is 25.3 Å². The van der Waals surface area contributed by atoms with E-state index in [0.29, 0.717) is 19.2 Å². The zero-order valence-corrected chi connectivity index (χ0v) is 13.2. The average molecular weight is 292 g/mol. The van der Waals surface area contributed by atoms with Crippen LogP contribution in [0.25, 0.3) is 0 Å². The SMILES string of the molecule is Cc1ccc(OCC(O)CNC(C)CN2CCCC2)cc1. The number of aryl methyl sites for hydroxylation is 1. The second-order valence-electron chi connectivity index (χ2n) is 6.09. The highest BCUT2D eigenvalue weighted by atomic mass is 16.5. The predicted octanol–water partition coefficient (Wildman–Crippen LogP) is 1.81. The van der Waals surface area contributed by atoms with Crippen LogP contribution in [-0.2, 0) is 0 Å². The molecule has 1 aromatic rings. The molecule has 1 aromatic carbocycles. The molecule has 1 saturated heterocycles. The first-order chi connectivity index (χ1) is 10.1. The Bertz CT molecular complexity index is 402. The van der Waals surface area contributed by atoms with Crippen LogP contribution in [0.15, 0.2) is 24.3 Å². The highest BCUT2D eigenvalue weighted by Gasteiger charge is 2.15. The third-order valence-corrected chi connectivity index (χ3v) is 3.90. The minimum Gasteiger partial charge on any atom is -0.491 e. The van der Waals surface area contributed by atoms with E-state index in [-0.39, 0.29) is 0 Å². The molecule has 4 heteroatoms. The van der Waals surface area contributed by atoms with Crippen molar-refractivity contribution in [3.63, 3.8) is 0 Å². The molecule has 2 N–H and O–H groups in total. The molecular weight excluding hydrogens is 264 g/mol. The maximum Gasteiger partial charge on any atom is 0.119 e. The van der Waals surface area contributed by atoms with Gasteiger partial charge in [-0.2, -0.15) is 0 Å².